The fourth-order valence-corrected chi connectivity index (χ4v) is 2.12. The topological polar surface area (TPSA) is 62.4 Å². The molecule has 0 fully saturated rings. The maximum absolute atomic E-state index is 12.4. The van der Waals surface area contributed by atoms with Crippen LogP contribution in [0.3, 0.4) is 0 Å². The van der Waals surface area contributed by atoms with Gasteiger partial charge in [0.2, 0.25) is 0 Å². The number of para-hydroxylation sites is 1. The van der Waals surface area contributed by atoms with Crippen LogP contribution in [0.2, 0.25) is 0 Å². The van der Waals surface area contributed by atoms with Gasteiger partial charge >= 0.3 is 5.97 Å². The number of ether oxygens (including phenoxy) is 1. The number of methoxy groups -OCH3 is 1. The lowest BCUT2D eigenvalue weighted by molar-refractivity contribution is -0.140. The summed E-state index contributed by atoms with van der Waals surface area (Å²) in [7, 11) is 3.10. The second-order valence-corrected chi connectivity index (χ2v) is 4.65. The van der Waals surface area contributed by atoms with Crippen molar-refractivity contribution in [1.82, 2.24) is 9.88 Å². The van der Waals surface area contributed by atoms with E-state index in [9.17, 15) is 9.59 Å². The Kier molecular flexibility index (Phi) is 4.40. The zero-order valence-electron chi connectivity index (χ0n) is 11.7. The standard InChI is InChI=1S/C15H18N2O3/c1-17(9-5-8-14(18)20-2)15(19)12-10-16-13-7-4-3-6-11(12)13/h3-4,6-7,10,16H,5,8-9H2,1-2H3. The van der Waals surface area contributed by atoms with Crippen LogP contribution in [0.25, 0.3) is 10.9 Å². The number of aromatic amines is 1. The normalized spacial score (nSPS) is 10.5. The van der Waals surface area contributed by atoms with E-state index in [1.165, 1.54) is 7.11 Å². The predicted octanol–water partition coefficient (Wildman–Crippen LogP) is 2.19. The van der Waals surface area contributed by atoms with E-state index in [0.29, 0.717) is 24.9 Å². The lowest BCUT2D eigenvalue weighted by atomic mass is 10.1. The van der Waals surface area contributed by atoms with Gasteiger partial charge in [-0.15, -0.1) is 0 Å². The van der Waals surface area contributed by atoms with Crippen LogP contribution >= 0.6 is 0 Å². The first kappa shape index (κ1) is 14.1. The van der Waals surface area contributed by atoms with E-state index in [1.54, 1.807) is 18.1 Å². The number of aromatic nitrogens is 1. The number of benzene rings is 1. The fourth-order valence-electron chi connectivity index (χ4n) is 2.12. The van der Waals surface area contributed by atoms with Gasteiger partial charge in [-0.2, -0.15) is 0 Å². The number of nitrogens with zero attached hydrogens (tertiary/aromatic N) is 1. The molecule has 5 heteroatoms. The average molecular weight is 274 g/mol. The van der Waals surface area contributed by atoms with Crippen molar-refractivity contribution in [2.45, 2.75) is 12.8 Å². The van der Waals surface area contributed by atoms with Crippen LogP contribution in [-0.4, -0.2) is 42.5 Å². The minimum atomic E-state index is -0.252. The molecule has 106 valence electrons. The Hall–Kier alpha value is -2.30. The second kappa shape index (κ2) is 6.23. The Morgan fingerprint density at radius 1 is 1.30 bits per heavy atom. The molecule has 1 amide bonds. The van der Waals surface area contributed by atoms with Crippen molar-refractivity contribution in [2.24, 2.45) is 0 Å². The minimum absolute atomic E-state index is 0.0488. The number of fused-ring (bicyclic) bond motifs is 1. The molecule has 1 aromatic heterocycles. The third-order valence-electron chi connectivity index (χ3n) is 3.27. The molecule has 0 aliphatic rings. The first-order valence-electron chi connectivity index (χ1n) is 6.52. The molecule has 0 radical (unpaired) electrons. The first-order valence-corrected chi connectivity index (χ1v) is 6.52. The summed E-state index contributed by atoms with van der Waals surface area (Å²) in [5, 5.41) is 0.914. The van der Waals surface area contributed by atoms with E-state index in [-0.39, 0.29) is 11.9 Å². The van der Waals surface area contributed by atoms with Crippen LogP contribution < -0.4 is 0 Å². The van der Waals surface area contributed by atoms with E-state index in [4.69, 9.17) is 0 Å². The summed E-state index contributed by atoms with van der Waals surface area (Å²) in [5.74, 6) is -0.301. The number of nitrogens with one attached hydrogen (secondary N) is 1. The molecule has 0 unspecified atom stereocenters. The quantitative estimate of drug-likeness (QED) is 0.850. The van der Waals surface area contributed by atoms with Gasteiger partial charge in [-0.25, -0.2) is 0 Å². The van der Waals surface area contributed by atoms with Gasteiger partial charge in [0.15, 0.2) is 0 Å². The van der Waals surface area contributed by atoms with Crippen molar-refractivity contribution in [3.63, 3.8) is 0 Å². The number of hydrogen-bond acceptors (Lipinski definition) is 3. The molecule has 0 saturated carbocycles. The molecule has 0 bridgehead atoms. The molecule has 1 heterocycles. The third-order valence-corrected chi connectivity index (χ3v) is 3.27. The molecule has 1 N–H and O–H groups in total. The van der Waals surface area contributed by atoms with Crippen LogP contribution in [0.4, 0.5) is 0 Å². The summed E-state index contributed by atoms with van der Waals surface area (Å²) in [6.07, 6.45) is 2.64. The van der Waals surface area contributed by atoms with Crippen LogP contribution in [0.5, 0.6) is 0 Å². The molecule has 1 aromatic carbocycles. The fraction of sp³-hybridized carbons (Fsp3) is 0.333. The van der Waals surface area contributed by atoms with Gasteiger partial charge in [-0.05, 0) is 12.5 Å². The average Bonchev–Trinajstić information content (AvgIpc) is 2.90. The van der Waals surface area contributed by atoms with E-state index in [2.05, 4.69) is 9.72 Å². The summed E-state index contributed by atoms with van der Waals surface area (Å²) in [5.41, 5.74) is 1.60. The number of carbonyl (C=O) groups is 2. The molecule has 0 atom stereocenters. The molecular weight excluding hydrogens is 256 g/mol. The number of amides is 1. The molecule has 5 nitrogen and oxygen atoms in total. The number of rotatable bonds is 5. The Bertz CT molecular complexity index is 618. The van der Waals surface area contributed by atoms with Crippen LogP contribution in [0.1, 0.15) is 23.2 Å². The summed E-state index contributed by atoms with van der Waals surface area (Å²) < 4.78 is 4.58. The summed E-state index contributed by atoms with van der Waals surface area (Å²) in [6, 6.07) is 7.68. The van der Waals surface area contributed by atoms with Crippen molar-refractivity contribution in [1.29, 1.82) is 0 Å². The van der Waals surface area contributed by atoms with Gasteiger partial charge in [0.1, 0.15) is 0 Å². The van der Waals surface area contributed by atoms with Crippen molar-refractivity contribution < 1.29 is 14.3 Å². The number of hydrogen-bond donors (Lipinski definition) is 1. The van der Waals surface area contributed by atoms with E-state index >= 15 is 0 Å². The highest BCUT2D eigenvalue weighted by molar-refractivity contribution is 6.06. The number of esters is 1. The van der Waals surface area contributed by atoms with E-state index in [0.717, 1.165) is 10.9 Å². The van der Waals surface area contributed by atoms with Crippen molar-refractivity contribution in [2.75, 3.05) is 20.7 Å². The molecule has 2 aromatic rings. The third kappa shape index (κ3) is 2.99. The number of carbonyl (C=O) groups excluding carboxylic acids is 2. The minimum Gasteiger partial charge on any atom is -0.469 e. The molecule has 0 saturated heterocycles. The Labute approximate surface area is 117 Å². The Morgan fingerprint density at radius 3 is 2.80 bits per heavy atom. The van der Waals surface area contributed by atoms with Gasteiger partial charge < -0.3 is 14.6 Å². The zero-order valence-corrected chi connectivity index (χ0v) is 11.7. The van der Waals surface area contributed by atoms with Crippen LogP contribution in [-0.2, 0) is 9.53 Å². The van der Waals surface area contributed by atoms with E-state index < -0.39 is 0 Å². The summed E-state index contributed by atoms with van der Waals surface area (Å²) >= 11 is 0. The van der Waals surface area contributed by atoms with Crippen molar-refractivity contribution >= 4 is 22.8 Å². The number of H-pyrrole nitrogens is 1. The highest BCUT2D eigenvalue weighted by atomic mass is 16.5. The Balaban J connectivity index is 2.01. The molecule has 0 spiro atoms. The Morgan fingerprint density at radius 2 is 2.05 bits per heavy atom. The van der Waals surface area contributed by atoms with Gasteiger partial charge in [0.05, 0.1) is 12.7 Å². The molecule has 0 aliphatic heterocycles. The SMILES string of the molecule is COC(=O)CCCN(C)C(=O)c1c[nH]c2ccccc12. The molecule has 2 rings (SSSR count). The molecule has 20 heavy (non-hydrogen) atoms. The second-order valence-electron chi connectivity index (χ2n) is 4.65. The smallest absolute Gasteiger partial charge is 0.305 e. The molecule has 0 aliphatic carbocycles. The van der Waals surface area contributed by atoms with Gasteiger partial charge in [-0.1, -0.05) is 18.2 Å². The van der Waals surface area contributed by atoms with Gasteiger partial charge in [0.25, 0.3) is 5.91 Å². The highest BCUT2D eigenvalue weighted by Gasteiger charge is 2.16. The predicted molar refractivity (Wildman–Crippen MR) is 76.5 cm³/mol. The maximum Gasteiger partial charge on any atom is 0.305 e. The largest absolute Gasteiger partial charge is 0.469 e. The van der Waals surface area contributed by atoms with Crippen LogP contribution in [0.15, 0.2) is 30.5 Å². The monoisotopic (exact) mass is 274 g/mol. The van der Waals surface area contributed by atoms with Gasteiger partial charge in [-0.3, -0.25) is 9.59 Å². The van der Waals surface area contributed by atoms with Crippen LogP contribution in [0, 0.1) is 0 Å². The van der Waals surface area contributed by atoms with Gasteiger partial charge in [0, 0.05) is 37.1 Å². The van der Waals surface area contributed by atoms with Crippen molar-refractivity contribution in [3.8, 4) is 0 Å². The lowest BCUT2D eigenvalue weighted by Crippen LogP contribution is -2.28. The maximum atomic E-state index is 12.4. The summed E-state index contributed by atoms with van der Waals surface area (Å²) in [4.78, 5) is 28.1. The zero-order chi connectivity index (χ0) is 14.5. The lowest BCUT2D eigenvalue weighted by Gasteiger charge is -2.16. The molecular formula is C15H18N2O3. The highest BCUT2D eigenvalue weighted by Crippen LogP contribution is 2.19. The van der Waals surface area contributed by atoms with E-state index in [1.807, 2.05) is 24.3 Å². The van der Waals surface area contributed by atoms with Crippen molar-refractivity contribution in [3.05, 3.63) is 36.0 Å². The first-order chi connectivity index (χ1) is 9.63. The summed E-state index contributed by atoms with van der Waals surface area (Å²) in [6.45, 7) is 0.521.